The van der Waals surface area contributed by atoms with Crippen LogP contribution in [0.4, 0.5) is 11.5 Å². The molecule has 2 heterocycles. The van der Waals surface area contributed by atoms with Crippen LogP contribution in [0.25, 0.3) is 10.9 Å². The molecule has 0 atom stereocenters. The van der Waals surface area contributed by atoms with Crippen molar-refractivity contribution in [3.63, 3.8) is 0 Å². The molecular formula is C26H32N4O2. The molecule has 0 bridgehead atoms. The molecule has 1 aliphatic heterocycles. The van der Waals surface area contributed by atoms with Crippen LogP contribution in [-0.4, -0.2) is 55.2 Å². The molecule has 1 aromatic heterocycles. The Labute approximate surface area is 190 Å². The third-order valence-electron chi connectivity index (χ3n) is 5.85. The molecule has 6 heteroatoms. The number of carbonyl (C=O) groups excluding carboxylic acids is 1. The first-order valence-electron chi connectivity index (χ1n) is 11.5. The highest BCUT2D eigenvalue weighted by Crippen LogP contribution is 2.24. The van der Waals surface area contributed by atoms with Gasteiger partial charge in [-0.1, -0.05) is 44.2 Å². The molecule has 3 aromatic rings. The zero-order valence-corrected chi connectivity index (χ0v) is 18.9. The van der Waals surface area contributed by atoms with Crippen LogP contribution in [0.5, 0.6) is 0 Å². The molecule has 0 saturated carbocycles. The zero-order valence-electron chi connectivity index (χ0n) is 18.9. The van der Waals surface area contributed by atoms with Crippen molar-refractivity contribution < 1.29 is 9.53 Å². The van der Waals surface area contributed by atoms with Crippen LogP contribution in [0.3, 0.4) is 0 Å². The fourth-order valence-electron chi connectivity index (χ4n) is 3.95. The van der Waals surface area contributed by atoms with E-state index in [1.54, 1.807) is 0 Å². The number of ether oxygens (including phenoxy) is 1. The smallest absolute Gasteiger partial charge is 0.252 e. The van der Waals surface area contributed by atoms with Gasteiger partial charge in [-0.15, -0.1) is 0 Å². The molecule has 4 rings (SSSR count). The number of carbonyl (C=O) groups is 1. The van der Waals surface area contributed by atoms with Gasteiger partial charge < -0.3 is 15.4 Å². The van der Waals surface area contributed by atoms with Gasteiger partial charge >= 0.3 is 0 Å². The van der Waals surface area contributed by atoms with Crippen LogP contribution in [-0.2, 0) is 4.74 Å². The fraction of sp³-hybridized carbons (Fsp3) is 0.385. The summed E-state index contributed by atoms with van der Waals surface area (Å²) >= 11 is 0. The summed E-state index contributed by atoms with van der Waals surface area (Å²) in [5.74, 6) is 1.09. The number of amides is 1. The van der Waals surface area contributed by atoms with Gasteiger partial charge in [-0.25, -0.2) is 4.98 Å². The van der Waals surface area contributed by atoms with Crippen LogP contribution < -0.4 is 10.6 Å². The Kier molecular flexibility index (Phi) is 7.35. The Morgan fingerprint density at radius 2 is 1.84 bits per heavy atom. The number of pyridine rings is 1. The predicted octanol–water partition coefficient (Wildman–Crippen LogP) is 4.55. The number of hydrogen-bond donors (Lipinski definition) is 2. The van der Waals surface area contributed by atoms with Gasteiger partial charge in [0.25, 0.3) is 5.91 Å². The molecule has 0 radical (unpaired) electrons. The second-order valence-electron chi connectivity index (χ2n) is 8.54. The third kappa shape index (κ3) is 5.64. The van der Waals surface area contributed by atoms with E-state index in [0.717, 1.165) is 55.9 Å². The van der Waals surface area contributed by atoms with Crippen LogP contribution in [0, 0.1) is 0 Å². The number of para-hydroxylation sites is 1. The maximum Gasteiger partial charge on any atom is 0.252 e. The molecule has 168 valence electrons. The number of nitrogens with zero attached hydrogens (tertiary/aromatic N) is 2. The zero-order chi connectivity index (χ0) is 22.3. The summed E-state index contributed by atoms with van der Waals surface area (Å²) in [5, 5.41) is 7.31. The maximum atomic E-state index is 13.0. The van der Waals surface area contributed by atoms with Crippen molar-refractivity contribution in [2.24, 2.45) is 0 Å². The lowest BCUT2D eigenvalue weighted by Crippen LogP contribution is -2.38. The predicted molar refractivity (Wildman–Crippen MR) is 130 cm³/mol. The number of hydrogen-bond acceptors (Lipinski definition) is 5. The van der Waals surface area contributed by atoms with Gasteiger partial charge in [0.15, 0.2) is 0 Å². The molecule has 0 aliphatic carbocycles. The Bertz CT molecular complexity index is 1040. The van der Waals surface area contributed by atoms with Gasteiger partial charge in [0, 0.05) is 30.7 Å². The summed E-state index contributed by atoms with van der Waals surface area (Å²) in [7, 11) is 0. The Morgan fingerprint density at radius 3 is 2.59 bits per heavy atom. The molecule has 2 N–H and O–H groups in total. The standard InChI is InChI=1S/C26H32N4O2/c1-19(2)20-8-10-21(11-9-20)28-25-18-23(22-6-3-4-7-24(22)29-25)26(31)27-12-5-13-30-14-16-32-17-15-30/h3-4,6-11,18-19H,5,12-17H2,1-2H3,(H,27,31)(H,28,29). The summed E-state index contributed by atoms with van der Waals surface area (Å²) in [6.45, 7) is 9.51. The highest BCUT2D eigenvalue weighted by molar-refractivity contribution is 6.07. The minimum Gasteiger partial charge on any atom is -0.379 e. The van der Waals surface area contributed by atoms with E-state index >= 15 is 0 Å². The number of rotatable bonds is 8. The average molecular weight is 433 g/mol. The van der Waals surface area contributed by atoms with Crippen molar-refractivity contribution in [1.29, 1.82) is 0 Å². The number of fused-ring (bicyclic) bond motifs is 1. The molecule has 1 fully saturated rings. The number of benzene rings is 2. The van der Waals surface area contributed by atoms with E-state index < -0.39 is 0 Å². The van der Waals surface area contributed by atoms with Gasteiger partial charge in [0.1, 0.15) is 5.82 Å². The second-order valence-corrected chi connectivity index (χ2v) is 8.54. The lowest BCUT2D eigenvalue weighted by atomic mass is 10.0. The fourth-order valence-corrected chi connectivity index (χ4v) is 3.95. The maximum absolute atomic E-state index is 13.0. The normalized spacial score (nSPS) is 14.6. The highest BCUT2D eigenvalue weighted by atomic mass is 16.5. The molecule has 0 unspecified atom stereocenters. The lowest BCUT2D eigenvalue weighted by Gasteiger charge is -2.26. The first kappa shape index (κ1) is 22.2. The van der Waals surface area contributed by atoms with Gasteiger partial charge in [0.05, 0.1) is 24.3 Å². The average Bonchev–Trinajstić information content (AvgIpc) is 2.82. The van der Waals surface area contributed by atoms with E-state index in [4.69, 9.17) is 9.72 Å². The van der Waals surface area contributed by atoms with E-state index in [9.17, 15) is 4.79 Å². The third-order valence-corrected chi connectivity index (χ3v) is 5.85. The monoisotopic (exact) mass is 432 g/mol. The molecule has 1 amide bonds. The summed E-state index contributed by atoms with van der Waals surface area (Å²) in [6, 6.07) is 18.0. The minimum atomic E-state index is -0.0659. The van der Waals surface area contributed by atoms with Crippen molar-refractivity contribution in [3.8, 4) is 0 Å². The van der Waals surface area contributed by atoms with E-state index in [2.05, 4.69) is 53.6 Å². The molecule has 2 aromatic carbocycles. The molecule has 1 saturated heterocycles. The van der Waals surface area contributed by atoms with Crippen LogP contribution in [0.15, 0.2) is 54.6 Å². The van der Waals surface area contributed by atoms with E-state index in [1.165, 1.54) is 5.56 Å². The Morgan fingerprint density at radius 1 is 1.09 bits per heavy atom. The number of anilines is 2. The van der Waals surface area contributed by atoms with E-state index in [-0.39, 0.29) is 5.91 Å². The molecule has 1 aliphatic rings. The molecule has 6 nitrogen and oxygen atoms in total. The lowest BCUT2D eigenvalue weighted by molar-refractivity contribution is 0.0374. The molecular weight excluding hydrogens is 400 g/mol. The van der Waals surface area contributed by atoms with E-state index in [0.29, 0.717) is 23.8 Å². The molecule has 0 spiro atoms. The summed E-state index contributed by atoms with van der Waals surface area (Å²) in [5.41, 5.74) is 3.69. The molecule has 32 heavy (non-hydrogen) atoms. The number of nitrogens with one attached hydrogen (secondary N) is 2. The van der Waals surface area contributed by atoms with Crippen LogP contribution in [0.2, 0.25) is 0 Å². The van der Waals surface area contributed by atoms with Crippen molar-refractivity contribution in [2.45, 2.75) is 26.2 Å². The van der Waals surface area contributed by atoms with Crippen LogP contribution in [0.1, 0.15) is 42.1 Å². The van der Waals surface area contributed by atoms with Gasteiger partial charge in [-0.05, 0) is 48.7 Å². The quantitative estimate of drug-likeness (QED) is 0.511. The number of morpholine rings is 1. The van der Waals surface area contributed by atoms with Crippen molar-refractivity contribution in [3.05, 3.63) is 65.7 Å². The van der Waals surface area contributed by atoms with Crippen LogP contribution >= 0.6 is 0 Å². The van der Waals surface area contributed by atoms with Crippen molar-refractivity contribution in [1.82, 2.24) is 15.2 Å². The minimum absolute atomic E-state index is 0.0659. The van der Waals surface area contributed by atoms with Gasteiger partial charge in [0.2, 0.25) is 0 Å². The Hall–Kier alpha value is -2.96. The van der Waals surface area contributed by atoms with Crippen molar-refractivity contribution in [2.75, 3.05) is 44.7 Å². The SMILES string of the molecule is CC(C)c1ccc(Nc2cc(C(=O)NCCCN3CCOCC3)c3ccccc3n2)cc1. The summed E-state index contributed by atoms with van der Waals surface area (Å²) in [4.78, 5) is 20.1. The first-order valence-corrected chi connectivity index (χ1v) is 11.5. The summed E-state index contributed by atoms with van der Waals surface area (Å²) in [6.07, 6.45) is 0.919. The highest BCUT2D eigenvalue weighted by Gasteiger charge is 2.14. The Balaban J connectivity index is 1.45. The first-order chi connectivity index (χ1) is 15.6. The van der Waals surface area contributed by atoms with Gasteiger partial charge in [-0.2, -0.15) is 0 Å². The van der Waals surface area contributed by atoms with E-state index in [1.807, 2.05) is 30.3 Å². The van der Waals surface area contributed by atoms with Gasteiger partial charge in [-0.3, -0.25) is 9.69 Å². The second kappa shape index (κ2) is 10.6. The largest absolute Gasteiger partial charge is 0.379 e. The number of aromatic nitrogens is 1. The summed E-state index contributed by atoms with van der Waals surface area (Å²) < 4.78 is 5.39. The topological polar surface area (TPSA) is 66.5 Å². The van der Waals surface area contributed by atoms with Crippen molar-refractivity contribution >= 4 is 28.3 Å².